The van der Waals surface area contributed by atoms with E-state index in [0.29, 0.717) is 13.0 Å². The van der Waals surface area contributed by atoms with E-state index in [1.165, 1.54) is 0 Å². The van der Waals surface area contributed by atoms with Crippen molar-refractivity contribution in [3.63, 3.8) is 0 Å². The third-order valence-electron chi connectivity index (χ3n) is 5.21. The number of benzene rings is 1. The molecule has 2 rings (SSSR count). The average molecular weight is 486 g/mol. The Morgan fingerprint density at radius 2 is 1.88 bits per heavy atom. The van der Waals surface area contributed by atoms with Gasteiger partial charge < -0.3 is 25.8 Å². The van der Waals surface area contributed by atoms with Crippen LogP contribution in [0.25, 0.3) is 0 Å². The fourth-order valence-corrected chi connectivity index (χ4v) is 4.12. The molecule has 0 saturated carbocycles. The number of amides is 3. The highest BCUT2D eigenvalue weighted by Crippen LogP contribution is 2.20. The first-order valence-electron chi connectivity index (χ1n) is 10.7. The molecule has 0 radical (unpaired) electrons. The predicted molar refractivity (Wildman–Crippen MR) is 118 cm³/mol. The first-order valence-corrected chi connectivity index (χ1v) is 12.2. The van der Waals surface area contributed by atoms with Gasteiger partial charge in [0.05, 0.1) is 6.04 Å². The van der Waals surface area contributed by atoms with Gasteiger partial charge in [-0.2, -0.15) is 8.42 Å². The summed E-state index contributed by atoms with van der Waals surface area (Å²) in [6, 6.07) is 6.38. The minimum atomic E-state index is -4.92. The Morgan fingerprint density at radius 3 is 2.42 bits per heavy atom. The number of rotatable bonds is 11. The minimum Gasteiger partial charge on any atom is -0.445 e. The minimum absolute atomic E-state index is 0.0103. The van der Waals surface area contributed by atoms with Crippen molar-refractivity contribution in [3.8, 4) is 0 Å². The molecule has 0 aromatic heterocycles. The second-order valence-corrected chi connectivity index (χ2v) is 9.93. The maximum Gasteiger partial charge on any atom is 0.408 e. The van der Waals surface area contributed by atoms with Crippen LogP contribution in [0.5, 0.6) is 0 Å². The summed E-state index contributed by atoms with van der Waals surface area (Å²) in [5.74, 6) is -1.77. The Hall–Kier alpha value is -2.70. The van der Waals surface area contributed by atoms with Crippen LogP contribution in [0.1, 0.15) is 38.7 Å². The summed E-state index contributed by atoms with van der Waals surface area (Å²) in [6.45, 7) is 4.02. The van der Waals surface area contributed by atoms with Gasteiger partial charge in [0.2, 0.25) is 17.3 Å². The molecule has 0 aliphatic carbocycles. The van der Waals surface area contributed by atoms with E-state index in [0.717, 1.165) is 5.56 Å². The smallest absolute Gasteiger partial charge is 0.408 e. The van der Waals surface area contributed by atoms with Gasteiger partial charge in [-0.15, -0.1) is 0 Å². The molecule has 1 aromatic carbocycles. The molecule has 3 amide bonds. The topological polar surface area (TPSA) is 171 Å². The molecule has 1 saturated heterocycles. The number of aliphatic hydroxyl groups is 1. The molecular formula is C21H31N3O8S. The van der Waals surface area contributed by atoms with E-state index >= 15 is 0 Å². The molecule has 33 heavy (non-hydrogen) atoms. The van der Waals surface area contributed by atoms with Gasteiger partial charge in [-0.25, -0.2) is 4.79 Å². The largest absolute Gasteiger partial charge is 0.445 e. The van der Waals surface area contributed by atoms with Crippen LogP contribution in [0.3, 0.4) is 0 Å². The van der Waals surface area contributed by atoms with Crippen LogP contribution in [0.2, 0.25) is 0 Å². The van der Waals surface area contributed by atoms with Crippen LogP contribution in [0.15, 0.2) is 30.3 Å². The van der Waals surface area contributed by atoms with Crippen molar-refractivity contribution in [2.75, 3.05) is 6.54 Å². The maximum atomic E-state index is 12.9. The van der Waals surface area contributed by atoms with Gasteiger partial charge in [0.25, 0.3) is 10.1 Å². The van der Waals surface area contributed by atoms with Crippen LogP contribution >= 0.6 is 0 Å². The monoisotopic (exact) mass is 485 g/mol. The summed E-state index contributed by atoms with van der Waals surface area (Å²) in [7, 11) is -4.92. The first kappa shape index (κ1) is 26.6. The van der Waals surface area contributed by atoms with Gasteiger partial charge in [0.15, 0.2) is 0 Å². The zero-order valence-electron chi connectivity index (χ0n) is 18.6. The van der Waals surface area contributed by atoms with Crippen LogP contribution in [0.4, 0.5) is 4.79 Å². The van der Waals surface area contributed by atoms with E-state index < -0.39 is 45.6 Å². The van der Waals surface area contributed by atoms with Crippen LogP contribution in [-0.2, 0) is 31.1 Å². The van der Waals surface area contributed by atoms with Crippen molar-refractivity contribution in [1.29, 1.82) is 0 Å². The van der Waals surface area contributed by atoms with Gasteiger partial charge >= 0.3 is 6.09 Å². The Labute approximate surface area is 193 Å². The SMILES string of the molecule is CC(C)C[C@H](NC(=O)OCc1ccccc1)C(=O)N[C@@H](C[C@H]1CCNC1=O)C(O)S(=O)(=O)O. The van der Waals surface area contributed by atoms with E-state index in [4.69, 9.17) is 4.74 Å². The van der Waals surface area contributed by atoms with Crippen molar-refractivity contribution in [2.24, 2.45) is 11.8 Å². The van der Waals surface area contributed by atoms with E-state index in [1.807, 2.05) is 19.9 Å². The molecule has 12 heteroatoms. The normalized spacial score (nSPS) is 18.8. The van der Waals surface area contributed by atoms with E-state index in [2.05, 4.69) is 16.0 Å². The summed E-state index contributed by atoms with van der Waals surface area (Å²) in [4.78, 5) is 37.1. The third-order valence-corrected chi connectivity index (χ3v) is 6.15. The second-order valence-electron chi connectivity index (χ2n) is 8.42. The molecule has 4 atom stereocenters. The van der Waals surface area contributed by atoms with Gasteiger partial charge in [0, 0.05) is 12.5 Å². The highest BCUT2D eigenvalue weighted by molar-refractivity contribution is 7.86. The number of ether oxygens (including phenoxy) is 1. The molecule has 11 nitrogen and oxygen atoms in total. The number of alkyl carbamates (subject to hydrolysis) is 1. The average Bonchev–Trinajstić information content (AvgIpc) is 3.14. The molecule has 0 bridgehead atoms. The number of nitrogens with one attached hydrogen (secondary N) is 3. The molecule has 1 aliphatic heterocycles. The van der Waals surface area contributed by atoms with Crippen molar-refractivity contribution >= 4 is 28.0 Å². The molecule has 1 aliphatic rings. The fourth-order valence-electron chi connectivity index (χ4n) is 3.52. The summed E-state index contributed by atoms with van der Waals surface area (Å²) in [6.07, 6.45) is -0.458. The van der Waals surface area contributed by atoms with Crippen molar-refractivity contribution in [3.05, 3.63) is 35.9 Å². The lowest BCUT2D eigenvalue weighted by molar-refractivity contribution is -0.126. The van der Waals surface area contributed by atoms with Crippen molar-refractivity contribution in [1.82, 2.24) is 16.0 Å². The lowest BCUT2D eigenvalue weighted by atomic mass is 9.97. The van der Waals surface area contributed by atoms with E-state index in [9.17, 15) is 32.5 Å². The molecule has 1 unspecified atom stereocenters. The zero-order chi connectivity index (χ0) is 24.6. The summed E-state index contributed by atoms with van der Waals surface area (Å²) in [5, 5.41) is 17.5. The lowest BCUT2D eigenvalue weighted by Crippen LogP contribution is -2.54. The van der Waals surface area contributed by atoms with Crippen LogP contribution in [-0.4, -0.2) is 60.0 Å². The fraction of sp³-hybridized carbons (Fsp3) is 0.571. The summed E-state index contributed by atoms with van der Waals surface area (Å²) in [5.41, 5.74) is -1.58. The summed E-state index contributed by atoms with van der Waals surface area (Å²) >= 11 is 0. The first-order chi connectivity index (χ1) is 15.5. The van der Waals surface area contributed by atoms with Gasteiger partial charge in [-0.3, -0.25) is 14.1 Å². The van der Waals surface area contributed by atoms with Crippen molar-refractivity contribution in [2.45, 2.75) is 57.2 Å². The number of hydrogen-bond donors (Lipinski definition) is 5. The quantitative estimate of drug-likeness (QED) is 0.283. The molecular weight excluding hydrogens is 454 g/mol. The molecule has 5 N–H and O–H groups in total. The Bertz CT molecular complexity index is 923. The highest BCUT2D eigenvalue weighted by Gasteiger charge is 2.37. The van der Waals surface area contributed by atoms with Crippen LogP contribution in [0, 0.1) is 11.8 Å². The summed E-state index contributed by atoms with van der Waals surface area (Å²) < 4.78 is 37.5. The third kappa shape index (κ3) is 8.63. The number of hydrogen-bond acceptors (Lipinski definition) is 7. The molecule has 1 aromatic rings. The second kappa shape index (κ2) is 12.0. The standard InChI is InChI=1S/C21H31N3O8S/c1-13(2)10-16(24-21(28)32-12-14-6-4-3-5-7-14)19(26)23-17(20(27)33(29,30)31)11-15-8-9-22-18(15)25/h3-7,13,15-17,20,27H,8-12H2,1-2H3,(H,22,25)(H,23,26)(H,24,28)(H,29,30,31)/t15-,16+,17+,20?/m1/s1. The van der Waals surface area contributed by atoms with E-state index in [-0.39, 0.29) is 31.3 Å². The molecule has 0 spiro atoms. The molecule has 184 valence electrons. The van der Waals surface area contributed by atoms with E-state index in [1.54, 1.807) is 24.3 Å². The van der Waals surface area contributed by atoms with Gasteiger partial charge in [-0.1, -0.05) is 44.2 Å². The number of aliphatic hydroxyl groups excluding tert-OH is 1. The molecule has 1 heterocycles. The Balaban J connectivity index is 2.08. The van der Waals surface area contributed by atoms with Crippen molar-refractivity contribution < 1.29 is 37.2 Å². The predicted octanol–water partition coefficient (Wildman–Crippen LogP) is 0.545. The van der Waals surface area contributed by atoms with Crippen LogP contribution < -0.4 is 16.0 Å². The lowest BCUT2D eigenvalue weighted by Gasteiger charge is -2.27. The van der Waals surface area contributed by atoms with Gasteiger partial charge in [0.1, 0.15) is 12.6 Å². The Kier molecular flexibility index (Phi) is 9.62. The zero-order valence-corrected chi connectivity index (χ0v) is 19.4. The molecule has 1 fully saturated rings. The Morgan fingerprint density at radius 1 is 1.21 bits per heavy atom. The number of carbonyl (C=O) groups is 3. The van der Waals surface area contributed by atoms with Gasteiger partial charge in [-0.05, 0) is 30.7 Å². The number of carbonyl (C=O) groups excluding carboxylic acids is 3. The maximum absolute atomic E-state index is 12.9. The highest BCUT2D eigenvalue weighted by atomic mass is 32.2.